The van der Waals surface area contributed by atoms with Gasteiger partial charge in [0.1, 0.15) is 30.0 Å². The van der Waals surface area contributed by atoms with E-state index in [1.54, 1.807) is 42.2 Å². The van der Waals surface area contributed by atoms with Crippen molar-refractivity contribution in [3.05, 3.63) is 69.9 Å². The number of carboxylic acids is 1. The maximum atomic E-state index is 13.8. The number of halogens is 1. The molecule has 17 nitrogen and oxygen atoms in total. The van der Waals surface area contributed by atoms with Gasteiger partial charge in [0.05, 0.1) is 48.4 Å². The molecule has 296 valence electrons. The van der Waals surface area contributed by atoms with Crippen molar-refractivity contribution in [2.45, 2.75) is 43.3 Å². The van der Waals surface area contributed by atoms with Crippen LogP contribution in [0.15, 0.2) is 53.7 Å². The molecule has 5 aliphatic heterocycles. The maximum absolute atomic E-state index is 13.8. The summed E-state index contributed by atoms with van der Waals surface area (Å²) in [7, 11) is 0. The van der Waals surface area contributed by atoms with Gasteiger partial charge < -0.3 is 45.0 Å². The lowest BCUT2D eigenvalue weighted by Crippen LogP contribution is -2.72. The number of quaternary nitrogens is 1. The molecule has 4 saturated heterocycles. The first kappa shape index (κ1) is 38.9. The number of hydrogen-bond acceptors (Lipinski definition) is 11. The van der Waals surface area contributed by atoms with Crippen LogP contribution in [-0.4, -0.2) is 151 Å². The van der Waals surface area contributed by atoms with Crippen molar-refractivity contribution >= 4 is 64.9 Å². The van der Waals surface area contributed by atoms with Gasteiger partial charge in [0, 0.05) is 43.8 Å². The quantitative estimate of drug-likeness (QED) is 0.112. The summed E-state index contributed by atoms with van der Waals surface area (Å²) in [6, 6.07) is 7.25. The van der Waals surface area contributed by atoms with Gasteiger partial charge in [0.15, 0.2) is 11.5 Å². The van der Waals surface area contributed by atoms with E-state index in [1.807, 2.05) is 0 Å². The molecule has 7 rings (SSSR count). The van der Waals surface area contributed by atoms with Gasteiger partial charge in [-0.05, 0) is 24.6 Å². The van der Waals surface area contributed by atoms with Crippen LogP contribution in [-0.2, 0) is 24.0 Å². The fourth-order valence-corrected chi connectivity index (χ4v) is 9.99. The number of imide groups is 1. The molecule has 4 N–H and O–H groups in total. The smallest absolute Gasteiger partial charge is 0.325 e. The van der Waals surface area contributed by atoms with Gasteiger partial charge in [-0.2, -0.15) is 0 Å². The molecule has 0 radical (unpaired) electrons. The Labute approximate surface area is 330 Å². The van der Waals surface area contributed by atoms with E-state index in [4.69, 9.17) is 11.6 Å². The number of β-lactam (4-membered cyclic amide) rings is 1. The fourth-order valence-electron chi connectivity index (χ4n) is 8.41. The van der Waals surface area contributed by atoms with Crippen LogP contribution in [0.25, 0.3) is 0 Å². The largest absolute Gasteiger partial charge is 0.543 e. The number of carbonyl (C=O) groups excluding carboxylic acids is 7. The molecule has 5 aliphatic rings. The number of carboxylic acid groups (broad SMARTS) is 1. The average molecular weight is 810 g/mol. The normalized spacial score (nSPS) is 25.3. The molecule has 0 spiro atoms. The lowest BCUT2D eigenvalue weighted by Gasteiger charge is -2.52. The zero-order valence-electron chi connectivity index (χ0n) is 30.3. The number of rotatable bonds is 9. The molecule has 2 unspecified atom stereocenters. The average Bonchev–Trinajstić information content (AvgIpc) is 3.61. The van der Waals surface area contributed by atoms with E-state index in [-0.39, 0.29) is 41.2 Å². The predicted molar refractivity (Wildman–Crippen MR) is 197 cm³/mol. The Balaban J connectivity index is 1.05. The number of phenols is 2. The predicted octanol–water partition coefficient (Wildman–Crippen LogP) is -0.268. The molecule has 4 fully saturated rings. The molecule has 5 heterocycles. The third-order valence-corrected chi connectivity index (χ3v) is 13.1. The van der Waals surface area contributed by atoms with Gasteiger partial charge in [-0.15, -0.1) is 11.8 Å². The molecule has 2 aromatic carbocycles. The molecule has 0 aliphatic carbocycles. The summed E-state index contributed by atoms with van der Waals surface area (Å²) in [6.45, 7) is 4.31. The van der Waals surface area contributed by atoms with E-state index in [0.29, 0.717) is 48.3 Å². The van der Waals surface area contributed by atoms with Crippen molar-refractivity contribution in [3.8, 4) is 11.5 Å². The minimum Gasteiger partial charge on any atom is -0.543 e. The van der Waals surface area contributed by atoms with Crippen LogP contribution in [0.2, 0.25) is 5.02 Å². The number of fused-ring (bicyclic) bond motifs is 2. The number of likely N-dealkylation sites (N-methyl/N-ethyl adjacent to an activating group) is 1. The number of nitrogens with zero attached hydrogens (tertiary/aromatic N) is 5. The summed E-state index contributed by atoms with van der Waals surface area (Å²) < 4.78 is 0.512. The Morgan fingerprint density at radius 3 is 2.48 bits per heavy atom. The Morgan fingerprint density at radius 1 is 1.02 bits per heavy atom. The van der Waals surface area contributed by atoms with E-state index in [0.717, 1.165) is 29.2 Å². The zero-order chi connectivity index (χ0) is 40.1. The van der Waals surface area contributed by atoms with Crippen molar-refractivity contribution in [3.63, 3.8) is 0 Å². The van der Waals surface area contributed by atoms with Crippen LogP contribution in [0.3, 0.4) is 0 Å². The van der Waals surface area contributed by atoms with Crippen molar-refractivity contribution in [1.29, 1.82) is 0 Å². The minimum absolute atomic E-state index is 0.0383. The van der Waals surface area contributed by atoms with Gasteiger partial charge in [0.25, 0.3) is 11.8 Å². The van der Waals surface area contributed by atoms with Crippen molar-refractivity contribution in [2.24, 2.45) is 0 Å². The summed E-state index contributed by atoms with van der Waals surface area (Å²) in [6.07, 6.45) is 1.61. The molecule has 0 saturated carbocycles. The number of nitrogens with one attached hydrogen (secondary N) is 2. The highest BCUT2D eigenvalue weighted by molar-refractivity contribution is 8.00. The first-order valence-electron chi connectivity index (χ1n) is 18.3. The van der Waals surface area contributed by atoms with Crippen LogP contribution in [0.1, 0.15) is 41.7 Å². The number of benzene rings is 2. The number of amides is 7. The first-order chi connectivity index (χ1) is 26.8. The number of carbonyl (C=O) groups is 7. The molecule has 56 heavy (non-hydrogen) atoms. The van der Waals surface area contributed by atoms with Gasteiger partial charge in [-0.1, -0.05) is 41.9 Å². The lowest BCUT2D eigenvalue weighted by molar-refractivity contribution is -0.938. The Bertz CT molecular complexity index is 2050. The van der Waals surface area contributed by atoms with E-state index >= 15 is 0 Å². The van der Waals surface area contributed by atoms with Gasteiger partial charge >= 0.3 is 17.8 Å². The SMILES string of the molecule is CCN1CCN(C(=O)N[C@H](C(=O)N[C@@H]2C(=O)N3C(C(=O)[O-])=C(C[N+]45CCCC4CN(C(=O)c4ccc(O)c(O)c4Cl)CC5)CS[C@H]23)c2ccccc2)C(=O)C1=O. The Morgan fingerprint density at radius 2 is 1.77 bits per heavy atom. The monoisotopic (exact) mass is 809 g/mol. The van der Waals surface area contributed by atoms with Gasteiger partial charge in [0.2, 0.25) is 5.91 Å². The Hall–Kier alpha value is -5.33. The Kier molecular flexibility index (Phi) is 10.6. The highest BCUT2D eigenvalue weighted by atomic mass is 35.5. The topological polar surface area (TPSA) is 220 Å². The minimum atomic E-state index is -1.52. The molecule has 0 aromatic heterocycles. The fraction of sp³-hybridized carbons (Fsp3) is 0.432. The number of phenolic OH excluding ortho intramolecular Hbond substituents is 2. The third-order valence-electron chi connectivity index (χ3n) is 11.4. The van der Waals surface area contributed by atoms with E-state index in [2.05, 4.69) is 10.6 Å². The molecule has 0 bridgehead atoms. The second-order valence-electron chi connectivity index (χ2n) is 14.4. The van der Waals surface area contributed by atoms with Crippen LogP contribution in [0.5, 0.6) is 11.5 Å². The summed E-state index contributed by atoms with van der Waals surface area (Å²) in [4.78, 5) is 97.0. The summed E-state index contributed by atoms with van der Waals surface area (Å²) in [5.41, 5.74) is 0.681. The lowest BCUT2D eigenvalue weighted by atomic mass is 9.99. The highest BCUT2D eigenvalue weighted by Crippen LogP contribution is 2.43. The molecule has 7 amide bonds. The zero-order valence-corrected chi connectivity index (χ0v) is 31.9. The van der Waals surface area contributed by atoms with Crippen molar-refractivity contribution < 1.29 is 53.4 Å². The standard InChI is InChI=1S/C37H40ClN7O10S/c1-2-41-12-13-43(34(52)33(41)51)37(55)40-26(20-7-4-3-5-8-20)30(48)39-27-32(50)44-28(36(53)54)21(19-56-35(27)44)18-45-15-6-9-22(45)17-42(14-16-45)31(49)23-10-11-24(46)29(47)25(23)38/h3-5,7-8,10-11,22,26-27,35H,2,6,9,12-19H2,1H3,(H4-,39,40,46,47,48,49,51,52,53,54,55)/t22?,26-,27+,35+,45?/m0/s1. The van der Waals surface area contributed by atoms with E-state index in [9.17, 15) is 48.9 Å². The third kappa shape index (κ3) is 6.79. The number of urea groups is 1. The second-order valence-corrected chi connectivity index (χ2v) is 15.9. The van der Waals surface area contributed by atoms with Crippen LogP contribution in [0, 0.1) is 0 Å². The summed E-state index contributed by atoms with van der Waals surface area (Å²) >= 11 is 7.48. The van der Waals surface area contributed by atoms with Gasteiger partial charge in [-0.3, -0.25) is 33.8 Å². The van der Waals surface area contributed by atoms with Crippen LogP contribution in [0.4, 0.5) is 4.79 Å². The maximum Gasteiger partial charge on any atom is 0.325 e. The number of hydrogen-bond donors (Lipinski definition) is 4. The number of aliphatic carboxylic acids is 1. The molecule has 2 aromatic rings. The van der Waals surface area contributed by atoms with Crippen molar-refractivity contribution in [2.75, 3.05) is 58.1 Å². The number of thioether (sulfide) groups is 1. The first-order valence-corrected chi connectivity index (χ1v) is 19.7. The van der Waals surface area contributed by atoms with Crippen LogP contribution < -0.4 is 15.7 Å². The van der Waals surface area contributed by atoms with Gasteiger partial charge in [-0.25, -0.2) is 4.79 Å². The second kappa shape index (κ2) is 15.3. The molecule has 19 heteroatoms. The highest BCUT2D eigenvalue weighted by Gasteiger charge is 2.55. The summed E-state index contributed by atoms with van der Waals surface area (Å²) in [5.74, 6) is -5.99. The van der Waals surface area contributed by atoms with E-state index < -0.39 is 70.5 Å². The molecule has 5 atom stereocenters. The molecular weight excluding hydrogens is 770 g/mol. The van der Waals surface area contributed by atoms with E-state index in [1.165, 1.54) is 28.8 Å². The summed E-state index contributed by atoms with van der Waals surface area (Å²) in [5, 5.41) is 36.8. The van der Waals surface area contributed by atoms with Crippen molar-refractivity contribution in [1.82, 2.24) is 30.2 Å². The number of aromatic hydroxyl groups is 2. The molecular formula is C37H40ClN7O10S. The number of piperazine rings is 2. The van der Waals surface area contributed by atoms with Crippen LogP contribution >= 0.6 is 23.4 Å².